The van der Waals surface area contributed by atoms with Crippen LogP contribution in [0.25, 0.3) is 0 Å². The fourth-order valence-electron chi connectivity index (χ4n) is 12.9. The average molecular weight is 782 g/mol. The van der Waals surface area contributed by atoms with Crippen LogP contribution in [0.5, 0.6) is 0 Å². The van der Waals surface area contributed by atoms with E-state index < -0.39 is 0 Å². The standard InChI is InChI=1S/C51H101B2NS/c1-7-48(4)29-14-9-11-21-43-22-12-10-15-31-49(5,40-53)34-20-36-51(8-2,35-17-23-43)45(27-37-52)25-18-32-50(6,41-54)33-19-26-46(47-39-42(47)3)44(28-38-55)24-13-16-30-48/h42-47,55H,7-41,52-54H2,1-6H3/t42?,43?,44?,45-,46?,47?,48?,49?,50?,51+/m1/s1. The van der Waals surface area contributed by atoms with Gasteiger partial charge in [-0.1, -0.05) is 176 Å². The molecule has 0 saturated heterocycles. The predicted molar refractivity (Wildman–Crippen MR) is 257 cm³/mol. The number of rotatable bonds is 9. The van der Waals surface area contributed by atoms with Gasteiger partial charge in [0.25, 0.3) is 0 Å². The molecule has 55 heavy (non-hydrogen) atoms. The van der Waals surface area contributed by atoms with Crippen LogP contribution in [-0.2, 0) is 0 Å². The monoisotopic (exact) mass is 782 g/mol. The van der Waals surface area contributed by atoms with Gasteiger partial charge in [0.2, 0.25) is 0 Å². The molecule has 0 aromatic carbocycles. The number of thiol groups is 1. The lowest BCUT2D eigenvalue weighted by Crippen LogP contribution is -2.32. The molecule has 0 aromatic rings. The molecule has 0 aromatic heterocycles. The first-order valence-electron chi connectivity index (χ1n) is 25.7. The summed E-state index contributed by atoms with van der Waals surface area (Å²) in [7, 11) is 4.97. The maximum Gasteiger partial charge on any atom is 0.102 e. The molecule has 3 aliphatic carbocycles. The van der Waals surface area contributed by atoms with Crippen molar-refractivity contribution in [1.82, 2.24) is 0 Å². The third-order valence-electron chi connectivity index (χ3n) is 18.0. The SMILES string of the molecule is BCC[C@H]1CCCC(C)(CN)CCCC(C2CC2C)C(CCS)CCCCC(C)(CC)CCCCCC2CCCCCC(C)(CB)CCC[C@]1(CC)CCC2. The molecule has 3 saturated carbocycles. The Morgan fingerprint density at radius 2 is 1.09 bits per heavy atom. The second-order valence-corrected chi connectivity index (χ2v) is 22.6. The van der Waals surface area contributed by atoms with Gasteiger partial charge in [0.1, 0.15) is 15.7 Å². The Labute approximate surface area is 355 Å². The van der Waals surface area contributed by atoms with Gasteiger partial charge in [-0.05, 0) is 147 Å². The van der Waals surface area contributed by atoms with Gasteiger partial charge in [-0.2, -0.15) is 12.6 Å². The minimum Gasteiger partial charge on any atom is -0.330 e. The van der Waals surface area contributed by atoms with Crippen molar-refractivity contribution < 1.29 is 0 Å². The van der Waals surface area contributed by atoms with Crippen LogP contribution in [0.3, 0.4) is 0 Å². The van der Waals surface area contributed by atoms with Crippen molar-refractivity contribution in [3.8, 4) is 0 Å². The predicted octanol–water partition coefficient (Wildman–Crippen LogP) is 14.9. The molecule has 8 unspecified atom stereocenters. The minimum absolute atomic E-state index is 0.297. The molecule has 2 bridgehead atoms. The quantitative estimate of drug-likeness (QED) is 0.177. The largest absolute Gasteiger partial charge is 0.330 e. The highest BCUT2D eigenvalue weighted by molar-refractivity contribution is 7.80. The van der Waals surface area contributed by atoms with Crippen LogP contribution in [0, 0.1) is 57.2 Å². The smallest absolute Gasteiger partial charge is 0.102 e. The highest BCUT2D eigenvalue weighted by Crippen LogP contribution is 2.52. The van der Waals surface area contributed by atoms with Crippen LogP contribution in [0.15, 0.2) is 0 Å². The first kappa shape index (κ1) is 49.8. The molecule has 0 spiro atoms. The molecule has 0 heterocycles. The van der Waals surface area contributed by atoms with Crippen LogP contribution in [0.1, 0.15) is 241 Å². The summed E-state index contributed by atoms with van der Waals surface area (Å²) in [4.78, 5) is 0. The van der Waals surface area contributed by atoms with Crippen molar-refractivity contribution in [3.63, 3.8) is 0 Å². The molecule has 0 radical (unpaired) electrons. The van der Waals surface area contributed by atoms with Crippen LogP contribution < -0.4 is 5.73 Å². The first-order valence-corrected chi connectivity index (χ1v) is 26.4. The Morgan fingerprint density at radius 3 is 1.65 bits per heavy atom. The summed E-state index contributed by atoms with van der Waals surface area (Å²) < 4.78 is 0. The average Bonchev–Trinajstić information content (AvgIpc) is 3.91. The Balaban J connectivity index is 1.86. The Bertz CT molecular complexity index is 992. The first-order chi connectivity index (χ1) is 26.4. The summed E-state index contributed by atoms with van der Waals surface area (Å²) >= 11 is 4.84. The molecule has 3 fully saturated rings. The molecule has 1 nitrogen and oxygen atoms in total. The van der Waals surface area contributed by atoms with Crippen LogP contribution >= 0.6 is 12.6 Å². The molecule has 3 aliphatic rings. The van der Waals surface area contributed by atoms with Gasteiger partial charge in [0.15, 0.2) is 0 Å². The van der Waals surface area contributed by atoms with E-state index in [4.69, 9.17) is 18.4 Å². The topological polar surface area (TPSA) is 26.0 Å². The zero-order valence-corrected chi connectivity index (χ0v) is 40.1. The van der Waals surface area contributed by atoms with Gasteiger partial charge in [-0.15, -0.1) is 0 Å². The van der Waals surface area contributed by atoms with Crippen molar-refractivity contribution in [2.24, 2.45) is 62.9 Å². The van der Waals surface area contributed by atoms with Gasteiger partial charge in [0.05, 0.1) is 0 Å². The fraction of sp³-hybridized carbons (Fsp3) is 1.00. The van der Waals surface area contributed by atoms with Crippen molar-refractivity contribution >= 4 is 28.3 Å². The zero-order chi connectivity index (χ0) is 40.2. The molecule has 3 rings (SSSR count). The van der Waals surface area contributed by atoms with Crippen molar-refractivity contribution in [3.05, 3.63) is 0 Å². The Morgan fingerprint density at radius 1 is 0.564 bits per heavy atom. The number of hydrogen-bond acceptors (Lipinski definition) is 2. The molecule has 0 amide bonds. The maximum absolute atomic E-state index is 6.73. The van der Waals surface area contributed by atoms with Crippen molar-refractivity contribution in [2.75, 3.05) is 12.3 Å². The lowest BCUT2D eigenvalue weighted by Gasteiger charge is -2.43. The van der Waals surface area contributed by atoms with Crippen LogP contribution in [0.4, 0.5) is 0 Å². The van der Waals surface area contributed by atoms with Crippen LogP contribution in [0.2, 0.25) is 12.6 Å². The van der Waals surface area contributed by atoms with E-state index >= 15 is 0 Å². The maximum atomic E-state index is 6.73. The third-order valence-corrected chi connectivity index (χ3v) is 18.3. The highest BCUT2D eigenvalue weighted by atomic mass is 32.1. The fourth-order valence-corrected chi connectivity index (χ4v) is 13.2. The van der Waals surface area contributed by atoms with E-state index in [0.717, 1.165) is 47.8 Å². The Hall–Kier alpha value is 0.440. The van der Waals surface area contributed by atoms with Gasteiger partial charge < -0.3 is 5.73 Å². The van der Waals surface area contributed by atoms with E-state index in [1.807, 2.05) is 0 Å². The second-order valence-electron chi connectivity index (χ2n) is 22.2. The minimum atomic E-state index is 0.297. The van der Waals surface area contributed by atoms with E-state index in [0.29, 0.717) is 21.7 Å². The van der Waals surface area contributed by atoms with E-state index in [2.05, 4.69) is 57.2 Å². The summed E-state index contributed by atoms with van der Waals surface area (Å²) in [5, 5.41) is 0. The van der Waals surface area contributed by atoms with Gasteiger partial charge in [0, 0.05) is 0 Å². The third kappa shape index (κ3) is 17.1. The normalized spacial score (nSPS) is 39.8. The van der Waals surface area contributed by atoms with Gasteiger partial charge in [-0.3, -0.25) is 0 Å². The summed E-state index contributed by atoms with van der Waals surface area (Å²) in [6.07, 6.45) is 47.3. The zero-order valence-electron chi connectivity index (χ0n) is 39.2. The molecular weight excluding hydrogens is 680 g/mol. The van der Waals surface area contributed by atoms with E-state index in [9.17, 15) is 0 Å². The van der Waals surface area contributed by atoms with E-state index in [-0.39, 0.29) is 0 Å². The van der Waals surface area contributed by atoms with Gasteiger partial charge >= 0.3 is 0 Å². The van der Waals surface area contributed by atoms with E-state index in [1.165, 1.54) is 212 Å². The lowest BCUT2D eigenvalue weighted by molar-refractivity contribution is 0.0855. The van der Waals surface area contributed by atoms with Crippen LogP contribution in [-0.4, -0.2) is 28.0 Å². The number of hydrogen-bond donors (Lipinski definition) is 2. The summed E-state index contributed by atoms with van der Waals surface area (Å²) in [5.41, 5.74) is 8.64. The van der Waals surface area contributed by atoms with E-state index in [1.54, 1.807) is 0 Å². The lowest BCUT2D eigenvalue weighted by atomic mass is 9.61. The number of nitrogens with two attached hydrogens (primary N) is 1. The van der Waals surface area contributed by atoms with Crippen molar-refractivity contribution in [1.29, 1.82) is 0 Å². The molecule has 322 valence electrons. The molecule has 0 aliphatic heterocycles. The summed E-state index contributed by atoms with van der Waals surface area (Å²) in [5.74, 6) is 6.62. The second kappa shape index (κ2) is 25.9. The molecule has 2 N–H and O–H groups in total. The molecule has 10 atom stereocenters. The molecule has 4 heteroatoms. The highest BCUT2D eigenvalue weighted by Gasteiger charge is 2.42. The Kier molecular flexibility index (Phi) is 23.5. The number of fused-ring (bicyclic) bond motifs is 4. The van der Waals surface area contributed by atoms with Crippen molar-refractivity contribution in [2.45, 2.75) is 253 Å². The van der Waals surface area contributed by atoms with Gasteiger partial charge in [-0.25, -0.2) is 0 Å². The molecular formula is C51H101B2NS. The summed E-state index contributed by atoms with van der Waals surface area (Å²) in [6.45, 7) is 16.3. The summed E-state index contributed by atoms with van der Waals surface area (Å²) in [6, 6.07) is 0.